The van der Waals surface area contributed by atoms with E-state index in [1.165, 1.54) is 0 Å². The minimum Gasteiger partial charge on any atom is -0.483 e. The van der Waals surface area contributed by atoms with E-state index < -0.39 is 0 Å². The summed E-state index contributed by atoms with van der Waals surface area (Å²) in [7, 11) is 0. The van der Waals surface area contributed by atoms with E-state index in [4.69, 9.17) is 9.47 Å². The quantitative estimate of drug-likeness (QED) is 0.661. The van der Waals surface area contributed by atoms with Gasteiger partial charge in [0.25, 0.3) is 5.91 Å². The lowest BCUT2D eigenvalue weighted by Crippen LogP contribution is -2.28. The summed E-state index contributed by atoms with van der Waals surface area (Å²) in [4.78, 5) is 16.4. The Morgan fingerprint density at radius 3 is 2.56 bits per heavy atom. The summed E-state index contributed by atoms with van der Waals surface area (Å²) in [5.74, 6) is 1.01. The van der Waals surface area contributed by atoms with Gasteiger partial charge in [0.2, 0.25) is 5.88 Å². The zero-order valence-corrected chi connectivity index (χ0v) is 15.2. The Hall–Kier alpha value is -3.34. The molecular weight excluding hydrogens is 340 g/mol. The van der Waals surface area contributed by atoms with Crippen molar-refractivity contribution in [3.63, 3.8) is 0 Å². The Balaban J connectivity index is 1.59. The number of hydrogen-bond acceptors (Lipinski definition) is 4. The zero-order chi connectivity index (χ0) is 18.9. The number of carbonyl (C=O) groups excluding carboxylic acids is 1. The van der Waals surface area contributed by atoms with Gasteiger partial charge in [-0.05, 0) is 24.6 Å². The number of carbonyl (C=O) groups is 1. The van der Waals surface area contributed by atoms with E-state index in [1.807, 2.05) is 73.7 Å². The fraction of sp³-hybridized carbons (Fsp3) is 0.182. The number of hydrogen-bond donors (Lipinski definition) is 1. The molecule has 27 heavy (non-hydrogen) atoms. The molecule has 0 unspecified atom stereocenters. The molecule has 0 bridgehead atoms. The Morgan fingerprint density at radius 2 is 1.74 bits per heavy atom. The van der Waals surface area contributed by atoms with Gasteiger partial charge in [-0.1, -0.05) is 54.6 Å². The summed E-state index contributed by atoms with van der Waals surface area (Å²) in [6, 6.07) is 21.3. The predicted molar refractivity (Wildman–Crippen MR) is 105 cm³/mol. The largest absolute Gasteiger partial charge is 0.483 e. The van der Waals surface area contributed by atoms with Crippen LogP contribution in [-0.4, -0.2) is 24.1 Å². The van der Waals surface area contributed by atoms with Crippen molar-refractivity contribution in [2.75, 3.05) is 13.2 Å². The fourth-order valence-electron chi connectivity index (χ4n) is 2.66. The molecule has 1 N–H and O–H groups in total. The Labute approximate surface area is 159 Å². The van der Waals surface area contributed by atoms with Crippen LogP contribution >= 0.6 is 0 Å². The number of aromatic nitrogens is 1. The molecule has 3 rings (SSSR count). The number of para-hydroxylation sites is 1. The Morgan fingerprint density at radius 1 is 0.963 bits per heavy atom. The summed E-state index contributed by atoms with van der Waals surface area (Å²) in [5, 5.41) is 2.84. The van der Waals surface area contributed by atoms with Crippen LogP contribution in [0.3, 0.4) is 0 Å². The van der Waals surface area contributed by atoms with Gasteiger partial charge in [-0.15, -0.1) is 0 Å². The molecule has 0 aliphatic heterocycles. The lowest BCUT2D eigenvalue weighted by atomic mass is 10.1. The molecular formula is C22H22N2O3. The van der Waals surface area contributed by atoms with Crippen molar-refractivity contribution in [3.05, 3.63) is 78.5 Å². The van der Waals surface area contributed by atoms with Crippen molar-refractivity contribution < 1.29 is 14.3 Å². The number of amides is 1. The van der Waals surface area contributed by atoms with Crippen molar-refractivity contribution in [2.24, 2.45) is 0 Å². The molecule has 5 nitrogen and oxygen atoms in total. The van der Waals surface area contributed by atoms with E-state index in [9.17, 15) is 4.79 Å². The minimum absolute atomic E-state index is 0.0614. The van der Waals surface area contributed by atoms with Gasteiger partial charge >= 0.3 is 0 Å². The van der Waals surface area contributed by atoms with Gasteiger partial charge in [0, 0.05) is 23.9 Å². The molecule has 0 atom stereocenters. The first-order chi connectivity index (χ1) is 13.3. The van der Waals surface area contributed by atoms with Crippen LogP contribution in [0.25, 0.3) is 11.1 Å². The van der Waals surface area contributed by atoms with Gasteiger partial charge < -0.3 is 14.8 Å². The van der Waals surface area contributed by atoms with E-state index >= 15 is 0 Å². The molecule has 5 heteroatoms. The molecule has 0 aliphatic carbocycles. The van der Waals surface area contributed by atoms with E-state index in [2.05, 4.69) is 10.3 Å². The van der Waals surface area contributed by atoms with Crippen molar-refractivity contribution >= 4 is 5.91 Å². The monoisotopic (exact) mass is 362 g/mol. The maximum absolute atomic E-state index is 12.2. The van der Waals surface area contributed by atoms with Crippen LogP contribution < -0.4 is 14.8 Å². The topological polar surface area (TPSA) is 60.5 Å². The van der Waals surface area contributed by atoms with Crippen LogP contribution in [0.2, 0.25) is 0 Å². The first-order valence-electron chi connectivity index (χ1n) is 8.88. The molecule has 0 fully saturated rings. The average molecular weight is 362 g/mol. The second-order valence-electron chi connectivity index (χ2n) is 5.83. The number of pyridine rings is 1. The van der Waals surface area contributed by atoms with Crippen molar-refractivity contribution in [1.29, 1.82) is 0 Å². The lowest BCUT2D eigenvalue weighted by molar-refractivity contribution is -0.123. The van der Waals surface area contributed by atoms with Gasteiger partial charge in [0.15, 0.2) is 6.61 Å². The average Bonchev–Trinajstić information content (AvgIpc) is 2.73. The number of ether oxygens (including phenoxy) is 2. The highest BCUT2D eigenvalue weighted by molar-refractivity contribution is 5.78. The van der Waals surface area contributed by atoms with Crippen LogP contribution in [0.1, 0.15) is 12.5 Å². The highest BCUT2D eigenvalue weighted by Crippen LogP contribution is 2.29. The SMILES string of the molecule is CCOc1ncccc1CNC(=O)COc1ccccc1-c1ccccc1. The lowest BCUT2D eigenvalue weighted by Gasteiger charge is -2.12. The minimum atomic E-state index is -0.204. The van der Waals surface area contributed by atoms with Crippen LogP contribution in [0.5, 0.6) is 11.6 Å². The van der Waals surface area contributed by atoms with Gasteiger partial charge in [0.1, 0.15) is 5.75 Å². The Bertz CT molecular complexity index is 881. The second kappa shape index (κ2) is 9.38. The highest BCUT2D eigenvalue weighted by Gasteiger charge is 2.10. The molecule has 138 valence electrons. The third-order valence-electron chi connectivity index (χ3n) is 3.94. The van der Waals surface area contributed by atoms with Crippen LogP contribution in [0.4, 0.5) is 0 Å². The van der Waals surface area contributed by atoms with Gasteiger partial charge in [-0.2, -0.15) is 0 Å². The third kappa shape index (κ3) is 5.07. The van der Waals surface area contributed by atoms with Crippen molar-refractivity contribution in [1.82, 2.24) is 10.3 Å². The van der Waals surface area contributed by atoms with Gasteiger partial charge in [0.05, 0.1) is 6.61 Å². The number of benzene rings is 2. The molecule has 0 spiro atoms. The predicted octanol–water partition coefficient (Wildman–Crippen LogP) is 3.84. The normalized spacial score (nSPS) is 10.3. The molecule has 1 heterocycles. The molecule has 0 aliphatic rings. The zero-order valence-electron chi connectivity index (χ0n) is 15.2. The molecule has 2 aromatic carbocycles. The van der Waals surface area contributed by atoms with E-state index in [-0.39, 0.29) is 12.5 Å². The number of nitrogens with zero attached hydrogens (tertiary/aromatic N) is 1. The summed E-state index contributed by atoms with van der Waals surface area (Å²) in [6.45, 7) is 2.70. The highest BCUT2D eigenvalue weighted by atomic mass is 16.5. The number of nitrogens with one attached hydrogen (secondary N) is 1. The molecule has 0 saturated heterocycles. The third-order valence-corrected chi connectivity index (χ3v) is 3.94. The molecule has 0 radical (unpaired) electrons. The number of rotatable bonds is 8. The van der Waals surface area contributed by atoms with Crippen molar-refractivity contribution in [2.45, 2.75) is 13.5 Å². The van der Waals surface area contributed by atoms with Crippen LogP contribution in [-0.2, 0) is 11.3 Å². The van der Waals surface area contributed by atoms with Crippen molar-refractivity contribution in [3.8, 4) is 22.8 Å². The molecule has 1 aromatic heterocycles. The summed E-state index contributed by atoms with van der Waals surface area (Å²) in [5.41, 5.74) is 2.83. The summed E-state index contributed by atoms with van der Waals surface area (Å²) < 4.78 is 11.2. The summed E-state index contributed by atoms with van der Waals surface area (Å²) in [6.07, 6.45) is 1.67. The standard InChI is InChI=1S/C22H22N2O3/c1-2-26-22-18(11-8-14-23-22)15-24-21(25)16-27-20-13-7-6-12-19(20)17-9-4-3-5-10-17/h3-14H,2,15-16H2,1H3,(H,24,25). The first-order valence-corrected chi connectivity index (χ1v) is 8.88. The van der Waals surface area contributed by atoms with E-state index in [0.29, 0.717) is 24.8 Å². The molecule has 3 aromatic rings. The molecule has 1 amide bonds. The smallest absolute Gasteiger partial charge is 0.258 e. The second-order valence-corrected chi connectivity index (χ2v) is 5.83. The van der Waals surface area contributed by atoms with Crippen LogP contribution in [0, 0.1) is 0 Å². The maximum atomic E-state index is 12.2. The Kier molecular flexibility index (Phi) is 6.41. The van der Waals surface area contributed by atoms with Gasteiger partial charge in [-0.3, -0.25) is 4.79 Å². The maximum Gasteiger partial charge on any atom is 0.258 e. The fourth-order valence-corrected chi connectivity index (χ4v) is 2.66. The van der Waals surface area contributed by atoms with Crippen LogP contribution in [0.15, 0.2) is 72.9 Å². The summed E-state index contributed by atoms with van der Waals surface area (Å²) >= 11 is 0. The van der Waals surface area contributed by atoms with Gasteiger partial charge in [-0.25, -0.2) is 4.98 Å². The van der Waals surface area contributed by atoms with E-state index in [1.54, 1.807) is 6.20 Å². The molecule has 0 saturated carbocycles. The van der Waals surface area contributed by atoms with E-state index in [0.717, 1.165) is 16.7 Å². The first kappa shape index (κ1) is 18.5.